The van der Waals surface area contributed by atoms with Crippen LogP contribution in [0.1, 0.15) is 48.2 Å². The number of carbonyl (C=O) groups is 2. The molecule has 0 unspecified atom stereocenters. The van der Waals surface area contributed by atoms with Crippen molar-refractivity contribution in [2.75, 3.05) is 5.32 Å². The van der Waals surface area contributed by atoms with Crippen LogP contribution in [0.5, 0.6) is 0 Å². The van der Waals surface area contributed by atoms with Crippen molar-refractivity contribution in [3.8, 4) is 0 Å². The quantitative estimate of drug-likeness (QED) is 0.671. The van der Waals surface area contributed by atoms with Crippen molar-refractivity contribution >= 4 is 40.8 Å². The van der Waals surface area contributed by atoms with Crippen molar-refractivity contribution in [2.24, 2.45) is 0 Å². The molecule has 0 aromatic heterocycles. The lowest BCUT2D eigenvalue weighted by Gasteiger charge is -2.19. The average molecular weight is 394 g/mol. The van der Waals surface area contributed by atoms with Crippen LogP contribution in [0.2, 0.25) is 10.0 Å². The molecule has 0 heterocycles. The minimum absolute atomic E-state index is 0.162. The number of amides is 1. The maximum Gasteiger partial charge on any atom is 0.340 e. The summed E-state index contributed by atoms with van der Waals surface area (Å²) in [6, 6.07) is 10.3. The van der Waals surface area contributed by atoms with E-state index < -0.39 is 18.0 Å². The molecule has 0 aliphatic heterocycles. The molecule has 6 heteroatoms. The van der Waals surface area contributed by atoms with Crippen LogP contribution in [0, 0.1) is 6.92 Å². The zero-order chi connectivity index (χ0) is 19.4. The van der Waals surface area contributed by atoms with Crippen LogP contribution in [0.3, 0.4) is 0 Å². The van der Waals surface area contributed by atoms with Gasteiger partial charge in [0, 0.05) is 10.7 Å². The predicted octanol–water partition coefficient (Wildman–Crippen LogP) is 5.61. The molecule has 0 saturated heterocycles. The molecule has 0 aliphatic rings. The Morgan fingerprint density at radius 1 is 1.08 bits per heavy atom. The molecule has 1 N–H and O–H groups in total. The molecule has 0 radical (unpaired) electrons. The molecule has 1 amide bonds. The standard InChI is InChI=1S/C20H21Cl2NO3/c1-11(2)15-7-5-6-12(3)18(15)23-19(24)13(4)26-20(25)16-9-8-14(21)10-17(16)22/h5-11,13H,1-4H3,(H,23,24)/t13-/m0/s1. The normalized spacial score (nSPS) is 12.0. The number of anilines is 1. The van der Waals surface area contributed by atoms with Crippen molar-refractivity contribution < 1.29 is 14.3 Å². The van der Waals surface area contributed by atoms with Gasteiger partial charge in [-0.2, -0.15) is 0 Å². The number of rotatable bonds is 5. The topological polar surface area (TPSA) is 55.4 Å². The lowest BCUT2D eigenvalue weighted by molar-refractivity contribution is -0.123. The van der Waals surface area contributed by atoms with Gasteiger partial charge >= 0.3 is 5.97 Å². The average Bonchev–Trinajstić information content (AvgIpc) is 2.56. The van der Waals surface area contributed by atoms with E-state index >= 15 is 0 Å². The molecule has 2 rings (SSSR count). The first-order valence-corrected chi connectivity index (χ1v) is 9.02. The van der Waals surface area contributed by atoms with Crippen LogP contribution in [0.15, 0.2) is 36.4 Å². The Bertz CT molecular complexity index is 834. The monoisotopic (exact) mass is 393 g/mol. The lowest BCUT2D eigenvalue weighted by atomic mass is 9.98. The van der Waals surface area contributed by atoms with E-state index in [1.54, 1.807) is 0 Å². The fourth-order valence-electron chi connectivity index (χ4n) is 2.50. The third-order valence-electron chi connectivity index (χ3n) is 3.98. The van der Waals surface area contributed by atoms with Crippen molar-refractivity contribution in [1.82, 2.24) is 0 Å². The highest BCUT2D eigenvalue weighted by Gasteiger charge is 2.22. The van der Waals surface area contributed by atoms with Gasteiger partial charge in [0.2, 0.25) is 0 Å². The van der Waals surface area contributed by atoms with Crippen LogP contribution < -0.4 is 5.32 Å². The first kappa shape index (κ1) is 20.3. The van der Waals surface area contributed by atoms with E-state index in [9.17, 15) is 9.59 Å². The van der Waals surface area contributed by atoms with E-state index in [1.165, 1.54) is 25.1 Å². The summed E-state index contributed by atoms with van der Waals surface area (Å²) in [6.07, 6.45) is -0.978. The summed E-state index contributed by atoms with van der Waals surface area (Å²) in [5.41, 5.74) is 2.89. The Kier molecular flexibility index (Phi) is 6.68. The van der Waals surface area contributed by atoms with Crippen molar-refractivity contribution in [3.63, 3.8) is 0 Å². The minimum Gasteiger partial charge on any atom is -0.449 e. The number of para-hydroxylation sites is 1. The first-order valence-electron chi connectivity index (χ1n) is 8.27. The molecule has 0 bridgehead atoms. The number of carbonyl (C=O) groups excluding carboxylic acids is 2. The molecule has 2 aromatic carbocycles. The minimum atomic E-state index is -0.978. The summed E-state index contributed by atoms with van der Waals surface area (Å²) in [5.74, 6) is -0.834. The first-order chi connectivity index (χ1) is 12.2. The summed E-state index contributed by atoms with van der Waals surface area (Å²) in [4.78, 5) is 24.8. The maximum absolute atomic E-state index is 12.5. The number of hydrogen-bond acceptors (Lipinski definition) is 3. The number of ether oxygens (including phenoxy) is 1. The number of aryl methyl sites for hydroxylation is 1. The van der Waals surface area contributed by atoms with E-state index in [0.717, 1.165) is 16.8 Å². The SMILES string of the molecule is Cc1cccc(C(C)C)c1NC(=O)[C@H](C)OC(=O)c1ccc(Cl)cc1Cl. The Morgan fingerprint density at radius 3 is 2.38 bits per heavy atom. The highest BCUT2D eigenvalue weighted by molar-refractivity contribution is 6.36. The Labute approximate surface area is 163 Å². The van der Waals surface area contributed by atoms with Gasteiger partial charge in [0.25, 0.3) is 5.91 Å². The molecule has 0 aliphatic carbocycles. The third-order valence-corrected chi connectivity index (χ3v) is 4.53. The summed E-state index contributed by atoms with van der Waals surface area (Å²) in [6.45, 7) is 7.54. The van der Waals surface area contributed by atoms with Gasteiger partial charge in [0.1, 0.15) is 0 Å². The number of halogens is 2. The highest BCUT2D eigenvalue weighted by atomic mass is 35.5. The van der Waals surface area contributed by atoms with Gasteiger partial charge in [-0.05, 0) is 49.1 Å². The van der Waals surface area contributed by atoms with E-state index in [2.05, 4.69) is 19.2 Å². The summed E-state index contributed by atoms with van der Waals surface area (Å²) in [7, 11) is 0. The van der Waals surface area contributed by atoms with Gasteiger partial charge in [-0.3, -0.25) is 4.79 Å². The van der Waals surface area contributed by atoms with E-state index in [1.807, 2.05) is 25.1 Å². The number of nitrogens with one attached hydrogen (secondary N) is 1. The highest BCUT2D eigenvalue weighted by Crippen LogP contribution is 2.28. The van der Waals surface area contributed by atoms with E-state index in [4.69, 9.17) is 27.9 Å². The van der Waals surface area contributed by atoms with Crippen LogP contribution in [0.25, 0.3) is 0 Å². The van der Waals surface area contributed by atoms with Crippen molar-refractivity contribution in [2.45, 2.75) is 39.7 Å². The van der Waals surface area contributed by atoms with Gasteiger partial charge in [0.15, 0.2) is 6.10 Å². The second kappa shape index (κ2) is 8.56. The number of benzene rings is 2. The fraction of sp³-hybridized carbons (Fsp3) is 0.300. The number of hydrogen-bond donors (Lipinski definition) is 1. The van der Waals surface area contributed by atoms with Crippen LogP contribution in [-0.4, -0.2) is 18.0 Å². The van der Waals surface area contributed by atoms with Crippen LogP contribution >= 0.6 is 23.2 Å². The Balaban J connectivity index is 2.12. The zero-order valence-electron chi connectivity index (χ0n) is 15.1. The Morgan fingerprint density at radius 2 is 1.77 bits per heavy atom. The van der Waals surface area contributed by atoms with Crippen molar-refractivity contribution in [3.05, 3.63) is 63.1 Å². The largest absolute Gasteiger partial charge is 0.449 e. The summed E-state index contributed by atoms with van der Waals surface area (Å²) < 4.78 is 5.25. The second-order valence-electron chi connectivity index (χ2n) is 6.35. The van der Waals surface area contributed by atoms with E-state index in [0.29, 0.717) is 5.02 Å². The number of esters is 1. The molecule has 4 nitrogen and oxygen atoms in total. The lowest BCUT2D eigenvalue weighted by Crippen LogP contribution is -2.30. The van der Waals surface area contributed by atoms with Gasteiger partial charge in [0.05, 0.1) is 10.6 Å². The summed E-state index contributed by atoms with van der Waals surface area (Å²) >= 11 is 11.8. The summed E-state index contributed by atoms with van der Waals surface area (Å²) in [5, 5.41) is 3.46. The van der Waals surface area contributed by atoms with Gasteiger partial charge < -0.3 is 10.1 Å². The van der Waals surface area contributed by atoms with Crippen LogP contribution in [0.4, 0.5) is 5.69 Å². The fourth-order valence-corrected chi connectivity index (χ4v) is 2.99. The van der Waals surface area contributed by atoms with Gasteiger partial charge in [-0.1, -0.05) is 55.2 Å². The molecule has 2 aromatic rings. The van der Waals surface area contributed by atoms with E-state index in [-0.39, 0.29) is 16.5 Å². The predicted molar refractivity (Wildman–Crippen MR) is 105 cm³/mol. The second-order valence-corrected chi connectivity index (χ2v) is 7.20. The van der Waals surface area contributed by atoms with Gasteiger partial charge in [-0.25, -0.2) is 4.79 Å². The van der Waals surface area contributed by atoms with Crippen molar-refractivity contribution in [1.29, 1.82) is 0 Å². The molecular formula is C20H21Cl2NO3. The van der Waals surface area contributed by atoms with Crippen LogP contribution in [-0.2, 0) is 9.53 Å². The smallest absolute Gasteiger partial charge is 0.340 e. The third kappa shape index (κ3) is 4.77. The zero-order valence-corrected chi connectivity index (χ0v) is 16.6. The molecule has 138 valence electrons. The molecule has 26 heavy (non-hydrogen) atoms. The molecule has 0 saturated carbocycles. The van der Waals surface area contributed by atoms with Gasteiger partial charge in [-0.15, -0.1) is 0 Å². The Hall–Kier alpha value is -2.04. The molecule has 0 spiro atoms. The molecule has 1 atom stereocenters. The molecular weight excluding hydrogens is 373 g/mol. The maximum atomic E-state index is 12.5. The molecule has 0 fully saturated rings.